The van der Waals surface area contributed by atoms with Crippen molar-refractivity contribution >= 4 is 45.0 Å². The predicted octanol–water partition coefficient (Wildman–Crippen LogP) is 5.33. The van der Waals surface area contributed by atoms with Crippen LogP contribution in [0.5, 0.6) is 0 Å². The number of fused-ring (bicyclic) bond motifs is 1. The maximum atomic E-state index is 13.4. The first-order valence-corrected chi connectivity index (χ1v) is 12.6. The summed E-state index contributed by atoms with van der Waals surface area (Å²) in [4.78, 5) is 47.0. The van der Waals surface area contributed by atoms with Gasteiger partial charge in [0.25, 0.3) is 5.91 Å². The normalized spacial score (nSPS) is 18.7. The summed E-state index contributed by atoms with van der Waals surface area (Å²) in [7, 11) is 0. The lowest BCUT2D eigenvalue weighted by atomic mass is 9.91. The molecular formula is C27H29N3O3S. The van der Waals surface area contributed by atoms with Crippen molar-refractivity contribution < 1.29 is 14.4 Å². The molecule has 3 amide bonds. The lowest BCUT2D eigenvalue weighted by Crippen LogP contribution is -2.47. The molecule has 6 nitrogen and oxygen atoms in total. The number of aryl methyl sites for hydroxylation is 1. The van der Waals surface area contributed by atoms with Gasteiger partial charge in [0.05, 0.1) is 22.3 Å². The van der Waals surface area contributed by atoms with Crippen LogP contribution >= 0.6 is 11.3 Å². The van der Waals surface area contributed by atoms with Gasteiger partial charge in [0.15, 0.2) is 0 Å². The molecule has 3 aromatic rings. The topological polar surface area (TPSA) is 70.6 Å². The Balaban J connectivity index is 1.38. The molecule has 34 heavy (non-hydrogen) atoms. The zero-order valence-corrected chi connectivity index (χ0v) is 20.8. The molecule has 1 atom stereocenters. The van der Waals surface area contributed by atoms with Crippen molar-refractivity contribution in [1.82, 2.24) is 9.88 Å². The number of benzene rings is 2. The van der Waals surface area contributed by atoms with Gasteiger partial charge >= 0.3 is 0 Å². The Morgan fingerprint density at radius 2 is 1.82 bits per heavy atom. The van der Waals surface area contributed by atoms with E-state index in [1.54, 1.807) is 28.4 Å². The SMILES string of the molecule is Cc1ccc2nc(-c3ccc(N4C(=O)CC(N(C(=O)CC(C)(C)C)C5CC5)C4=O)cc3)sc2c1. The largest absolute Gasteiger partial charge is 0.327 e. The van der Waals surface area contributed by atoms with E-state index < -0.39 is 6.04 Å². The van der Waals surface area contributed by atoms with Crippen LogP contribution < -0.4 is 4.90 Å². The second kappa shape index (κ2) is 8.31. The van der Waals surface area contributed by atoms with Gasteiger partial charge in [-0.25, -0.2) is 9.88 Å². The van der Waals surface area contributed by atoms with Crippen LogP contribution in [-0.4, -0.2) is 39.7 Å². The third-order valence-electron chi connectivity index (χ3n) is 6.28. The number of rotatable bonds is 5. The average Bonchev–Trinajstić information content (AvgIpc) is 3.42. The molecular weight excluding hydrogens is 446 g/mol. The summed E-state index contributed by atoms with van der Waals surface area (Å²) < 4.78 is 1.13. The smallest absolute Gasteiger partial charge is 0.257 e. The molecule has 0 radical (unpaired) electrons. The molecule has 2 aromatic carbocycles. The second-order valence-corrected chi connectivity index (χ2v) is 11.6. The maximum Gasteiger partial charge on any atom is 0.257 e. The van der Waals surface area contributed by atoms with Crippen molar-refractivity contribution in [2.24, 2.45) is 5.41 Å². The Morgan fingerprint density at radius 1 is 1.12 bits per heavy atom. The molecule has 0 spiro atoms. The molecule has 1 unspecified atom stereocenters. The molecule has 5 rings (SSSR count). The minimum absolute atomic E-state index is 0.0376. The highest BCUT2D eigenvalue weighted by atomic mass is 32.1. The lowest BCUT2D eigenvalue weighted by Gasteiger charge is -2.30. The van der Waals surface area contributed by atoms with Gasteiger partial charge in [0.1, 0.15) is 11.0 Å². The van der Waals surface area contributed by atoms with Gasteiger partial charge in [-0.1, -0.05) is 26.8 Å². The van der Waals surface area contributed by atoms with E-state index in [9.17, 15) is 14.4 Å². The Morgan fingerprint density at radius 3 is 2.47 bits per heavy atom. The lowest BCUT2D eigenvalue weighted by molar-refractivity contribution is -0.140. The summed E-state index contributed by atoms with van der Waals surface area (Å²) in [6.07, 6.45) is 2.19. The zero-order chi connectivity index (χ0) is 24.2. The van der Waals surface area contributed by atoms with Gasteiger partial charge in [-0.3, -0.25) is 14.4 Å². The number of aromatic nitrogens is 1. The molecule has 1 saturated heterocycles. The molecule has 1 aliphatic carbocycles. The van der Waals surface area contributed by atoms with E-state index in [0.29, 0.717) is 12.1 Å². The van der Waals surface area contributed by atoms with E-state index in [4.69, 9.17) is 4.98 Å². The van der Waals surface area contributed by atoms with Crippen LogP contribution in [0.15, 0.2) is 42.5 Å². The molecule has 1 aromatic heterocycles. The van der Waals surface area contributed by atoms with Gasteiger partial charge in [-0.15, -0.1) is 11.3 Å². The van der Waals surface area contributed by atoms with Crippen molar-refractivity contribution in [1.29, 1.82) is 0 Å². The van der Waals surface area contributed by atoms with E-state index in [0.717, 1.165) is 33.6 Å². The highest BCUT2D eigenvalue weighted by Crippen LogP contribution is 2.37. The summed E-state index contributed by atoms with van der Waals surface area (Å²) in [6, 6.07) is 12.9. The highest BCUT2D eigenvalue weighted by molar-refractivity contribution is 7.21. The fraction of sp³-hybridized carbons (Fsp3) is 0.407. The van der Waals surface area contributed by atoms with E-state index in [2.05, 4.69) is 13.0 Å². The van der Waals surface area contributed by atoms with Crippen molar-refractivity contribution in [3.63, 3.8) is 0 Å². The molecule has 0 N–H and O–H groups in total. The van der Waals surface area contributed by atoms with E-state index >= 15 is 0 Å². The van der Waals surface area contributed by atoms with Crippen LogP contribution in [0.3, 0.4) is 0 Å². The fourth-order valence-corrected chi connectivity index (χ4v) is 5.61. The van der Waals surface area contributed by atoms with Crippen LogP contribution in [0, 0.1) is 12.3 Å². The van der Waals surface area contributed by atoms with Crippen molar-refractivity contribution in [3.05, 3.63) is 48.0 Å². The number of anilines is 1. The van der Waals surface area contributed by atoms with Crippen LogP contribution in [0.4, 0.5) is 5.69 Å². The number of amides is 3. The number of thiazole rings is 1. The van der Waals surface area contributed by atoms with Crippen molar-refractivity contribution in [3.8, 4) is 10.6 Å². The Hall–Kier alpha value is -3.06. The number of carbonyl (C=O) groups excluding carboxylic acids is 3. The molecule has 2 fully saturated rings. The summed E-state index contributed by atoms with van der Waals surface area (Å²) in [5, 5.41) is 0.900. The summed E-state index contributed by atoms with van der Waals surface area (Å²) in [6.45, 7) is 8.10. The van der Waals surface area contributed by atoms with Gasteiger partial charge in [-0.2, -0.15) is 0 Å². The van der Waals surface area contributed by atoms with Crippen LogP contribution in [0.1, 0.15) is 52.0 Å². The number of hydrogen-bond acceptors (Lipinski definition) is 5. The molecule has 0 bridgehead atoms. The standard InChI is InChI=1S/C27H29N3O3S/c1-16-5-12-20-22(13-16)34-25(28-20)17-6-8-19(9-7-17)30-23(31)14-21(26(30)33)29(18-10-11-18)24(32)15-27(2,3)4/h5-9,12-13,18,21H,10-11,14-15H2,1-4H3. The first-order chi connectivity index (χ1) is 16.1. The first-order valence-electron chi connectivity index (χ1n) is 11.8. The predicted molar refractivity (Wildman–Crippen MR) is 135 cm³/mol. The van der Waals surface area contributed by atoms with E-state index in [-0.39, 0.29) is 35.6 Å². The quantitative estimate of drug-likeness (QED) is 0.468. The molecule has 1 aliphatic heterocycles. The number of imide groups is 1. The third-order valence-corrected chi connectivity index (χ3v) is 7.35. The Kier molecular flexibility index (Phi) is 5.55. The van der Waals surface area contributed by atoms with E-state index in [1.165, 1.54) is 10.5 Å². The summed E-state index contributed by atoms with van der Waals surface area (Å²) in [5.41, 5.74) is 3.46. The molecule has 2 heterocycles. The fourth-order valence-electron chi connectivity index (χ4n) is 4.54. The number of hydrogen-bond donors (Lipinski definition) is 0. The van der Waals surface area contributed by atoms with Gasteiger partial charge in [0.2, 0.25) is 11.8 Å². The minimum Gasteiger partial charge on any atom is -0.327 e. The van der Waals surface area contributed by atoms with Gasteiger partial charge in [0, 0.05) is 18.0 Å². The van der Waals surface area contributed by atoms with Gasteiger partial charge in [-0.05, 0) is 67.1 Å². The van der Waals surface area contributed by atoms with Crippen LogP contribution in [0.2, 0.25) is 0 Å². The number of carbonyl (C=O) groups is 3. The Labute approximate surface area is 203 Å². The van der Waals surface area contributed by atoms with Crippen molar-refractivity contribution in [2.75, 3.05) is 4.90 Å². The van der Waals surface area contributed by atoms with E-state index in [1.807, 2.05) is 45.0 Å². The second-order valence-electron chi connectivity index (χ2n) is 10.6. The average molecular weight is 476 g/mol. The van der Waals surface area contributed by atoms with Gasteiger partial charge < -0.3 is 4.90 Å². The molecule has 1 saturated carbocycles. The molecule has 7 heteroatoms. The Bertz CT molecular complexity index is 1280. The highest BCUT2D eigenvalue weighted by Gasteiger charge is 2.48. The molecule has 176 valence electrons. The van der Waals surface area contributed by atoms with Crippen LogP contribution in [-0.2, 0) is 14.4 Å². The third kappa shape index (κ3) is 4.37. The molecule has 2 aliphatic rings. The monoisotopic (exact) mass is 475 g/mol. The maximum absolute atomic E-state index is 13.4. The minimum atomic E-state index is -0.706. The summed E-state index contributed by atoms with van der Waals surface area (Å²) >= 11 is 1.62. The number of nitrogens with zero attached hydrogens (tertiary/aromatic N) is 3. The van der Waals surface area contributed by atoms with Crippen LogP contribution in [0.25, 0.3) is 20.8 Å². The summed E-state index contributed by atoms with van der Waals surface area (Å²) in [5.74, 6) is -0.598. The van der Waals surface area contributed by atoms with Crippen molar-refractivity contribution in [2.45, 2.75) is 65.5 Å². The first kappa shape index (κ1) is 22.7. The zero-order valence-electron chi connectivity index (χ0n) is 20.0.